The Morgan fingerprint density at radius 1 is 0.909 bits per heavy atom. The van der Waals surface area contributed by atoms with Crippen LogP contribution in [0.3, 0.4) is 0 Å². The van der Waals surface area contributed by atoms with Crippen LogP contribution in [0.4, 0.5) is 0 Å². The molecule has 0 bridgehead atoms. The fourth-order valence-electron chi connectivity index (χ4n) is 0.512. The van der Waals surface area contributed by atoms with Crippen LogP contribution in [0, 0.1) is 0 Å². The monoisotopic (exact) mass is 408 g/mol. The van der Waals surface area contributed by atoms with Gasteiger partial charge in [-0.1, -0.05) is 0 Å². The largest absolute Gasteiger partial charge is 2.00 e. The van der Waals surface area contributed by atoms with Gasteiger partial charge in [0.1, 0.15) is 0 Å². The van der Waals surface area contributed by atoms with E-state index < -0.39 is 0 Å². The van der Waals surface area contributed by atoms with Gasteiger partial charge in [0.2, 0.25) is 0 Å². The van der Waals surface area contributed by atoms with E-state index in [0.29, 0.717) is 0 Å². The summed E-state index contributed by atoms with van der Waals surface area (Å²) in [5.74, 6) is 0. The van der Waals surface area contributed by atoms with Gasteiger partial charge in [-0.15, -0.1) is 12.6 Å². The zero-order chi connectivity index (χ0) is 7.72. The van der Waals surface area contributed by atoms with Gasteiger partial charge < -0.3 is 0 Å². The summed E-state index contributed by atoms with van der Waals surface area (Å²) in [4.78, 5) is 0.926. The fourth-order valence-corrected chi connectivity index (χ4v) is 2.22. The standard InChI is InChI=1S/C6H3Br3S.Zn/c7-3-1-5(9)6(10)2-4(3)8;/h1-2,10H;/q;+2. The van der Waals surface area contributed by atoms with Gasteiger partial charge >= 0.3 is 19.5 Å². The maximum atomic E-state index is 4.22. The molecule has 0 saturated heterocycles. The van der Waals surface area contributed by atoms with E-state index in [9.17, 15) is 0 Å². The molecule has 0 radical (unpaired) electrons. The first-order valence-electron chi connectivity index (χ1n) is 2.45. The molecular formula is C6H3Br3SZn+2. The van der Waals surface area contributed by atoms with Crippen molar-refractivity contribution >= 4 is 60.4 Å². The molecule has 0 aromatic heterocycles. The molecule has 1 aromatic rings. The Morgan fingerprint density at radius 3 is 1.82 bits per heavy atom. The van der Waals surface area contributed by atoms with Gasteiger partial charge in [0.15, 0.2) is 0 Å². The summed E-state index contributed by atoms with van der Waals surface area (Å²) in [6.45, 7) is 0. The van der Waals surface area contributed by atoms with Crippen molar-refractivity contribution in [1.29, 1.82) is 0 Å². The Hall–Kier alpha value is 1.63. The van der Waals surface area contributed by atoms with Crippen molar-refractivity contribution in [3.8, 4) is 0 Å². The van der Waals surface area contributed by atoms with E-state index >= 15 is 0 Å². The summed E-state index contributed by atoms with van der Waals surface area (Å²) in [6, 6.07) is 3.88. The summed E-state index contributed by atoms with van der Waals surface area (Å²) >= 11 is 14.3. The summed E-state index contributed by atoms with van der Waals surface area (Å²) in [6.07, 6.45) is 0. The molecule has 0 aliphatic rings. The number of benzene rings is 1. The normalized spacial score (nSPS) is 9.09. The molecule has 1 rings (SSSR count). The zero-order valence-electron chi connectivity index (χ0n) is 5.44. The van der Waals surface area contributed by atoms with E-state index in [2.05, 4.69) is 60.4 Å². The van der Waals surface area contributed by atoms with Crippen molar-refractivity contribution in [2.24, 2.45) is 0 Å². The number of hydrogen-bond acceptors (Lipinski definition) is 1. The second-order valence-electron chi connectivity index (χ2n) is 1.72. The number of halogens is 3. The first-order chi connectivity index (χ1) is 4.61. The van der Waals surface area contributed by atoms with Gasteiger partial charge in [0.25, 0.3) is 0 Å². The molecule has 0 spiro atoms. The van der Waals surface area contributed by atoms with Crippen LogP contribution in [0.15, 0.2) is 30.4 Å². The van der Waals surface area contributed by atoms with Crippen LogP contribution in [-0.4, -0.2) is 0 Å². The SMILES string of the molecule is Sc1cc(Br)c(Br)cc1Br.[Zn+2]. The number of hydrogen-bond donors (Lipinski definition) is 1. The first-order valence-corrected chi connectivity index (χ1v) is 5.27. The number of thiol groups is 1. The fraction of sp³-hybridized carbons (Fsp3) is 0. The molecule has 0 amide bonds. The summed E-state index contributed by atoms with van der Waals surface area (Å²) in [7, 11) is 0. The molecule has 1 aromatic carbocycles. The van der Waals surface area contributed by atoms with Crippen molar-refractivity contribution in [1.82, 2.24) is 0 Å². The van der Waals surface area contributed by atoms with Crippen molar-refractivity contribution < 1.29 is 19.5 Å². The number of rotatable bonds is 0. The van der Waals surface area contributed by atoms with Gasteiger partial charge in [-0.2, -0.15) is 0 Å². The summed E-state index contributed by atoms with van der Waals surface area (Å²) in [5, 5.41) is 0. The van der Waals surface area contributed by atoms with Crippen LogP contribution in [0.2, 0.25) is 0 Å². The van der Waals surface area contributed by atoms with Crippen LogP contribution in [-0.2, 0) is 19.5 Å². The average molecular weight is 412 g/mol. The van der Waals surface area contributed by atoms with Crippen LogP contribution in [0.25, 0.3) is 0 Å². The molecule has 54 valence electrons. The van der Waals surface area contributed by atoms with Gasteiger partial charge in [0, 0.05) is 18.3 Å². The molecule has 0 nitrogen and oxygen atoms in total. The van der Waals surface area contributed by atoms with E-state index in [-0.39, 0.29) is 19.5 Å². The Balaban J connectivity index is 0.000001000. The summed E-state index contributed by atoms with van der Waals surface area (Å²) in [5.41, 5.74) is 0. The molecule has 11 heavy (non-hydrogen) atoms. The van der Waals surface area contributed by atoms with Gasteiger partial charge in [-0.3, -0.25) is 0 Å². The minimum Gasteiger partial charge on any atom is -0.142 e. The molecule has 0 N–H and O–H groups in total. The predicted octanol–water partition coefficient (Wildman–Crippen LogP) is 4.26. The minimum atomic E-state index is 0. The maximum absolute atomic E-state index is 4.22. The molecule has 0 atom stereocenters. The van der Waals surface area contributed by atoms with E-state index in [1.165, 1.54) is 0 Å². The van der Waals surface area contributed by atoms with Crippen LogP contribution < -0.4 is 0 Å². The third-order valence-electron chi connectivity index (χ3n) is 0.990. The predicted molar refractivity (Wildman–Crippen MR) is 56.8 cm³/mol. The maximum Gasteiger partial charge on any atom is 2.00 e. The molecule has 5 heteroatoms. The van der Waals surface area contributed by atoms with E-state index in [1.807, 2.05) is 12.1 Å². The van der Waals surface area contributed by atoms with Crippen molar-refractivity contribution in [3.63, 3.8) is 0 Å². The van der Waals surface area contributed by atoms with Crippen LogP contribution >= 0.6 is 60.4 Å². The van der Waals surface area contributed by atoms with Gasteiger partial charge in [-0.25, -0.2) is 0 Å². The van der Waals surface area contributed by atoms with E-state index in [0.717, 1.165) is 18.3 Å². The smallest absolute Gasteiger partial charge is 0.142 e. The molecule has 0 aliphatic heterocycles. The molecule has 0 fully saturated rings. The van der Waals surface area contributed by atoms with Gasteiger partial charge in [0.05, 0.1) is 0 Å². The minimum absolute atomic E-state index is 0. The third-order valence-corrected chi connectivity index (χ3v) is 4.17. The molecule has 0 unspecified atom stereocenters. The van der Waals surface area contributed by atoms with E-state index in [1.54, 1.807) is 0 Å². The Morgan fingerprint density at radius 2 is 1.36 bits per heavy atom. The molecule has 0 saturated carbocycles. The van der Waals surface area contributed by atoms with Crippen molar-refractivity contribution in [3.05, 3.63) is 25.6 Å². The quantitative estimate of drug-likeness (QED) is 0.368. The Labute approximate surface area is 109 Å². The average Bonchev–Trinajstić information content (AvgIpc) is 1.84. The van der Waals surface area contributed by atoms with Gasteiger partial charge in [-0.05, 0) is 59.9 Å². The second kappa shape index (κ2) is 5.38. The van der Waals surface area contributed by atoms with Crippen molar-refractivity contribution in [2.75, 3.05) is 0 Å². The zero-order valence-corrected chi connectivity index (χ0v) is 14.1. The van der Waals surface area contributed by atoms with Crippen molar-refractivity contribution in [2.45, 2.75) is 4.90 Å². The van der Waals surface area contributed by atoms with E-state index in [4.69, 9.17) is 0 Å². The molecule has 0 heterocycles. The third kappa shape index (κ3) is 3.47. The topological polar surface area (TPSA) is 0 Å². The Bertz CT molecular complexity index is 214. The Kier molecular flexibility index (Phi) is 6.18. The second-order valence-corrected chi connectivity index (χ2v) is 4.76. The summed E-state index contributed by atoms with van der Waals surface area (Å²) < 4.78 is 3.03. The molecular weight excluding hydrogens is 409 g/mol. The van der Waals surface area contributed by atoms with Crippen LogP contribution in [0.1, 0.15) is 0 Å². The molecule has 0 aliphatic carbocycles. The first kappa shape index (κ1) is 12.6. The van der Waals surface area contributed by atoms with Crippen LogP contribution in [0.5, 0.6) is 0 Å².